The second-order valence-electron chi connectivity index (χ2n) is 4.61. The highest BCUT2D eigenvalue weighted by Crippen LogP contribution is 2.11. The fourth-order valence-electron chi connectivity index (χ4n) is 1.88. The SMILES string of the molecule is CC(C)CN(C)Cc1ccccc1C(N)=S. The van der Waals surface area contributed by atoms with Crippen molar-refractivity contribution in [3.05, 3.63) is 35.4 Å². The van der Waals surface area contributed by atoms with Crippen LogP contribution in [-0.4, -0.2) is 23.5 Å². The zero-order valence-corrected chi connectivity index (χ0v) is 11.1. The van der Waals surface area contributed by atoms with Crippen LogP contribution in [0.5, 0.6) is 0 Å². The summed E-state index contributed by atoms with van der Waals surface area (Å²) in [6.45, 7) is 6.41. The van der Waals surface area contributed by atoms with Gasteiger partial charge in [-0.05, 0) is 18.5 Å². The molecule has 1 aromatic carbocycles. The molecule has 2 N–H and O–H groups in total. The normalized spacial score (nSPS) is 11.1. The average Bonchev–Trinajstić information content (AvgIpc) is 2.16. The van der Waals surface area contributed by atoms with Gasteiger partial charge in [-0.25, -0.2) is 0 Å². The van der Waals surface area contributed by atoms with E-state index in [1.165, 1.54) is 5.56 Å². The Morgan fingerprint density at radius 2 is 2.00 bits per heavy atom. The molecule has 2 nitrogen and oxygen atoms in total. The molecule has 0 saturated heterocycles. The molecular formula is C13H20N2S. The average molecular weight is 236 g/mol. The van der Waals surface area contributed by atoms with Crippen molar-refractivity contribution in [3.8, 4) is 0 Å². The van der Waals surface area contributed by atoms with Gasteiger partial charge in [-0.1, -0.05) is 50.3 Å². The molecule has 0 aliphatic heterocycles. The molecule has 1 aromatic rings. The number of rotatable bonds is 5. The zero-order valence-electron chi connectivity index (χ0n) is 10.2. The third kappa shape index (κ3) is 3.91. The number of nitrogens with two attached hydrogens (primary N) is 1. The van der Waals surface area contributed by atoms with Crippen LogP contribution in [0.3, 0.4) is 0 Å². The van der Waals surface area contributed by atoms with Gasteiger partial charge >= 0.3 is 0 Å². The lowest BCUT2D eigenvalue weighted by Gasteiger charge is -2.20. The van der Waals surface area contributed by atoms with E-state index in [4.69, 9.17) is 18.0 Å². The summed E-state index contributed by atoms with van der Waals surface area (Å²) >= 11 is 5.05. The molecule has 0 unspecified atom stereocenters. The standard InChI is InChI=1S/C13H20N2S/c1-10(2)8-15(3)9-11-6-4-5-7-12(11)13(14)16/h4-7,10H,8-9H2,1-3H3,(H2,14,16). The van der Waals surface area contributed by atoms with Gasteiger partial charge in [0.15, 0.2) is 0 Å². The third-order valence-electron chi connectivity index (χ3n) is 2.40. The Hall–Kier alpha value is -0.930. The van der Waals surface area contributed by atoms with Crippen LogP contribution in [-0.2, 0) is 6.54 Å². The molecule has 0 radical (unpaired) electrons. The Bertz CT molecular complexity index is 361. The van der Waals surface area contributed by atoms with E-state index in [2.05, 4.69) is 31.9 Å². The van der Waals surface area contributed by atoms with Gasteiger partial charge in [-0.3, -0.25) is 0 Å². The van der Waals surface area contributed by atoms with Crippen molar-refractivity contribution in [2.75, 3.05) is 13.6 Å². The van der Waals surface area contributed by atoms with Crippen molar-refractivity contribution in [1.29, 1.82) is 0 Å². The molecule has 0 aliphatic rings. The summed E-state index contributed by atoms with van der Waals surface area (Å²) in [5.74, 6) is 0.669. The molecule has 0 spiro atoms. The molecule has 0 fully saturated rings. The molecule has 1 rings (SSSR count). The number of nitrogens with zero attached hydrogens (tertiary/aromatic N) is 1. The van der Waals surface area contributed by atoms with Crippen molar-refractivity contribution < 1.29 is 0 Å². The lowest BCUT2D eigenvalue weighted by Crippen LogP contribution is -2.24. The molecule has 16 heavy (non-hydrogen) atoms. The molecule has 0 atom stereocenters. The van der Waals surface area contributed by atoms with Gasteiger partial charge in [0.1, 0.15) is 4.99 Å². The lowest BCUT2D eigenvalue weighted by molar-refractivity contribution is 0.288. The van der Waals surface area contributed by atoms with E-state index in [-0.39, 0.29) is 0 Å². The largest absolute Gasteiger partial charge is 0.389 e. The first-order valence-corrected chi connectivity index (χ1v) is 5.97. The van der Waals surface area contributed by atoms with Crippen LogP contribution in [0, 0.1) is 5.92 Å². The van der Waals surface area contributed by atoms with Gasteiger partial charge < -0.3 is 10.6 Å². The lowest BCUT2D eigenvalue weighted by atomic mass is 10.1. The van der Waals surface area contributed by atoms with E-state index in [1.807, 2.05) is 18.2 Å². The number of hydrogen-bond acceptors (Lipinski definition) is 2. The second kappa shape index (κ2) is 5.97. The molecule has 3 heteroatoms. The van der Waals surface area contributed by atoms with E-state index in [0.29, 0.717) is 10.9 Å². The Labute approximate surface area is 103 Å². The predicted molar refractivity (Wildman–Crippen MR) is 73.5 cm³/mol. The molecular weight excluding hydrogens is 216 g/mol. The summed E-state index contributed by atoms with van der Waals surface area (Å²) in [6, 6.07) is 8.08. The molecule has 0 heterocycles. The zero-order chi connectivity index (χ0) is 12.1. The van der Waals surface area contributed by atoms with Crippen LogP contribution >= 0.6 is 12.2 Å². The third-order valence-corrected chi connectivity index (χ3v) is 2.62. The number of thiocarbonyl (C=S) groups is 1. The molecule has 0 amide bonds. The Morgan fingerprint density at radius 1 is 1.38 bits per heavy atom. The topological polar surface area (TPSA) is 29.3 Å². The van der Waals surface area contributed by atoms with E-state index >= 15 is 0 Å². The van der Waals surface area contributed by atoms with Gasteiger partial charge in [0.05, 0.1) is 0 Å². The maximum absolute atomic E-state index is 5.70. The van der Waals surface area contributed by atoms with Gasteiger partial charge in [0, 0.05) is 18.7 Å². The summed E-state index contributed by atoms with van der Waals surface area (Å²) < 4.78 is 0. The maximum Gasteiger partial charge on any atom is 0.104 e. The fraction of sp³-hybridized carbons (Fsp3) is 0.462. The number of hydrogen-bond donors (Lipinski definition) is 1. The molecule has 0 bridgehead atoms. The quantitative estimate of drug-likeness (QED) is 0.796. The van der Waals surface area contributed by atoms with Crippen molar-refractivity contribution in [2.24, 2.45) is 11.7 Å². The first-order valence-electron chi connectivity index (χ1n) is 5.57. The smallest absolute Gasteiger partial charge is 0.104 e. The maximum atomic E-state index is 5.70. The van der Waals surface area contributed by atoms with E-state index < -0.39 is 0 Å². The van der Waals surface area contributed by atoms with Gasteiger partial charge in [-0.15, -0.1) is 0 Å². The molecule has 0 saturated carbocycles. The minimum absolute atomic E-state index is 0.480. The van der Waals surface area contributed by atoms with E-state index in [9.17, 15) is 0 Å². The van der Waals surface area contributed by atoms with Crippen LogP contribution in [0.4, 0.5) is 0 Å². The number of benzene rings is 1. The van der Waals surface area contributed by atoms with Crippen molar-refractivity contribution >= 4 is 17.2 Å². The Balaban J connectivity index is 2.76. The first-order chi connectivity index (χ1) is 7.50. The fourth-order valence-corrected chi connectivity index (χ4v) is 2.08. The van der Waals surface area contributed by atoms with Crippen molar-refractivity contribution in [2.45, 2.75) is 20.4 Å². The molecule has 0 aromatic heterocycles. The molecule has 88 valence electrons. The van der Waals surface area contributed by atoms with E-state index in [1.54, 1.807) is 0 Å². The van der Waals surface area contributed by atoms with Crippen LogP contribution < -0.4 is 5.73 Å². The monoisotopic (exact) mass is 236 g/mol. The van der Waals surface area contributed by atoms with Crippen LogP contribution in [0.1, 0.15) is 25.0 Å². The summed E-state index contributed by atoms with van der Waals surface area (Å²) in [4.78, 5) is 2.77. The highest BCUT2D eigenvalue weighted by molar-refractivity contribution is 7.80. The van der Waals surface area contributed by atoms with Crippen LogP contribution in [0.25, 0.3) is 0 Å². The summed E-state index contributed by atoms with van der Waals surface area (Å²) in [6.07, 6.45) is 0. The van der Waals surface area contributed by atoms with Gasteiger partial charge in [0.25, 0.3) is 0 Å². The summed E-state index contributed by atoms with van der Waals surface area (Å²) in [7, 11) is 2.12. The van der Waals surface area contributed by atoms with Crippen molar-refractivity contribution in [3.63, 3.8) is 0 Å². The summed E-state index contributed by atoms with van der Waals surface area (Å²) in [5.41, 5.74) is 7.90. The van der Waals surface area contributed by atoms with Gasteiger partial charge in [0.2, 0.25) is 0 Å². The second-order valence-corrected chi connectivity index (χ2v) is 5.05. The minimum atomic E-state index is 0.480. The van der Waals surface area contributed by atoms with E-state index in [0.717, 1.165) is 18.7 Å². The minimum Gasteiger partial charge on any atom is -0.389 e. The highest BCUT2D eigenvalue weighted by Gasteiger charge is 2.07. The van der Waals surface area contributed by atoms with Crippen LogP contribution in [0.15, 0.2) is 24.3 Å². The molecule has 0 aliphatic carbocycles. The highest BCUT2D eigenvalue weighted by atomic mass is 32.1. The Morgan fingerprint density at radius 3 is 2.56 bits per heavy atom. The summed E-state index contributed by atoms with van der Waals surface area (Å²) in [5, 5.41) is 0. The first kappa shape index (κ1) is 13.1. The van der Waals surface area contributed by atoms with Crippen molar-refractivity contribution in [1.82, 2.24) is 4.90 Å². The van der Waals surface area contributed by atoms with Crippen LogP contribution in [0.2, 0.25) is 0 Å². The predicted octanol–water partition coefficient (Wildman–Crippen LogP) is 2.41. The Kier molecular flexibility index (Phi) is 4.90. The van der Waals surface area contributed by atoms with Gasteiger partial charge in [-0.2, -0.15) is 0 Å².